The molecular weight excluding hydrogens is 316 g/mol. The molecule has 0 aliphatic carbocycles. The summed E-state index contributed by atoms with van der Waals surface area (Å²) >= 11 is 0. The van der Waals surface area contributed by atoms with Crippen molar-refractivity contribution in [2.45, 2.75) is 13.8 Å². The van der Waals surface area contributed by atoms with Crippen molar-refractivity contribution in [3.63, 3.8) is 0 Å². The second-order valence-corrected chi connectivity index (χ2v) is 5.59. The van der Waals surface area contributed by atoms with Crippen LogP contribution in [-0.2, 0) is 0 Å². The van der Waals surface area contributed by atoms with Gasteiger partial charge < -0.3 is 15.4 Å². The number of benzene rings is 2. The van der Waals surface area contributed by atoms with Gasteiger partial charge >= 0.3 is 6.03 Å². The Kier molecular flexibility index (Phi) is 4.89. The van der Waals surface area contributed by atoms with Gasteiger partial charge in [0.25, 0.3) is 0 Å². The van der Waals surface area contributed by atoms with E-state index in [2.05, 4.69) is 20.8 Å². The summed E-state index contributed by atoms with van der Waals surface area (Å²) in [5, 5.41) is 13.5. The molecule has 0 saturated carbocycles. The molecule has 1 heterocycles. The van der Waals surface area contributed by atoms with Gasteiger partial charge in [0.1, 0.15) is 5.75 Å². The van der Waals surface area contributed by atoms with Crippen LogP contribution in [0, 0.1) is 13.8 Å². The van der Waals surface area contributed by atoms with E-state index in [-0.39, 0.29) is 6.03 Å². The number of hydrogen-bond acceptors (Lipinski definition) is 4. The van der Waals surface area contributed by atoms with Gasteiger partial charge in [0.05, 0.1) is 5.69 Å². The zero-order chi connectivity index (χ0) is 17.6. The Morgan fingerprint density at radius 2 is 1.64 bits per heavy atom. The lowest BCUT2D eigenvalue weighted by atomic mass is 10.2. The molecule has 126 valence electrons. The predicted molar refractivity (Wildman–Crippen MR) is 97.1 cm³/mol. The molecule has 0 unspecified atom stereocenters. The highest BCUT2D eigenvalue weighted by molar-refractivity contribution is 5.99. The molecule has 2 aromatic carbocycles. The first-order chi connectivity index (χ1) is 12.1. The minimum Gasteiger partial charge on any atom is -0.438 e. The van der Waals surface area contributed by atoms with Gasteiger partial charge in [0.2, 0.25) is 5.88 Å². The number of carbonyl (C=O) groups excluding carboxylic acids is 1. The number of ether oxygens (including phenoxy) is 1. The molecule has 0 fully saturated rings. The molecule has 0 spiro atoms. The van der Waals surface area contributed by atoms with Crippen molar-refractivity contribution in [1.82, 2.24) is 10.2 Å². The van der Waals surface area contributed by atoms with Crippen LogP contribution in [0.4, 0.5) is 16.2 Å². The molecule has 6 heteroatoms. The van der Waals surface area contributed by atoms with Crippen molar-refractivity contribution in [1.29, 1.82) is 0 Å². The van der Waals surface area contributed by atoms with Gasteiger partial charge in [0, 0.05) is 17.4 Å². The summed E-state index contributed by atoms with van der Waals surface area (Å²) in [6, 6.07) is 17.9. The van der Waals surface area contributed by atoms with Crippen molar-refractivity contribution in [3.8, 4) is 11.6 Å². The lowest BCUT2D eigenvalue weighted by Crippen LogP contribution is -2.19. The molecule has 3 aromatic rings. The molecule has 0 saturated heterocycles. The maximum atomic E-state index is 12.0. The summed E-state index contributed by atoms with van der Waals surface area (Å²) in [5.74, 6) is 1.03. The van der Waals surface area contributed by atoms with E-state index in [0.29, 0.717) is 17.3 Å². The Labute approximate surface area is 145 Å². The van der Waals surface area contributed by atoms with Gasteiger partial charge in [-0.2, -0.15) is 5.10 Å². The summed E-state index contributed by atoms with van der Waals surface area (Å²) < 4.78 is 5.60. The number of aromatic nitrogens is 2. The minimum atomic E-state index is -0.302. The summed E-state index contributed by atoms with van der Waals surface area (Å²) in [7, 11) is 0. The van der Waals surface area contributed by atoms with Crippen LogP contribution in [0.25, 0.3) is 0 Å². The number of rotatable bonds is 4. The Balaban J connectivity index is 1.58. The van der Waals surface area contributed by atoms with E-state index in [4.69, 9.17) is 4.74 Å². The van der Waals surface area contributed by atoms with Crippen LogP contribution < -0.4 is 15.4 Å². The summed E-state index contributed by atoms with van der Waals surface area (Å²) in [4.78, 5) is 12.0. The fourth-order valence-corrected chi connectivity index (χ4v) is 2.18. The maximum Gasteiger partial charge on any atom is 0.323 e. The molecular formula is C19H18N4O2. The van der Waals surface area contributed by atoms with Crippen LogP contribution in [0.3, 0.4) is 0 Å². The van der Waals surface area contributed by atoms with E-state index < -0.39 is 0 Å². The van der Waals surface area contributed by atoms with Crippen molar-refractivity contribution in [3.05, 3.63) is 71.9 Å². The first-order valence-corrected chi connectivity index (χ1v) is 7.81. The first kappa shape index (κ1) is 16.4. The van der Waals surface area contributed by atoms with Gasteiger partial charge in [-0.25, -0.2) is 4.79 Å². The quantitative estimate of drug-likeness (QED) is 0.735. The molecule has 0 aliphatic rings. The standard InChI is InChI=1S/C19H18N4O2/c1-13-4-3-5-16(12-13)21-19(24)20-15-7-9-17(10-8-15)25-18-11-6-14(2)22-23-18/h3-12H,1-2H3,(H2,20,21,24). The van der Waals surface area contributed by atoms with Crippen LogP contribution in [0.15, 0.2) is 60.7 Å². The second-order valence-electron chi connectivity index (χ2n) is 5.59. The molecule has 6 nitrogen and oxygen atoms in total. The fourth-order valence-electron chi connectivity index (χ4n) is 2.18. The Morgan fingerprint density at radius 1 is 0.880 bits per heavy atom. The number of aryl methyl sites for hydroxylation is 2. The Morgan fingerprint density at radius 3 is 2.32 bits per heavy atom. The van der Waals surface area contributed by atoms with Crippen molar-refractivity contribution in [2.75, 3.05) is 10.6 Å². The van der Waals surface area contributed by atoms with Gasteiger partial charge in [-0.3, -0.25) is 0 Å². The van der Waals surface area contributed by atoms with Crippen molar-refractivity contribution < 1.29 is 9.53 Å². The zero-order valence-electron chi connectivity index (χ0n) is 14.0. The van der Waals surface area contributed by atoms with Crippen LogP contribution in [-0.4, -0.2) is 16.2 Å². The van der Waals surface area contributed by atoms with Gasteiger partial charge in [-0.05, 0) is 61.9 Å². The van der Waals surface area contributed by atoms with E-state index in [9.17, 15) is 4.79 Å². The molecule has 25 heavy (non-hydrogen) atoms. The normalized spacial score (nSPS) is 10.2. The summed E-state index contributed by atoms with van der Waals surface area (Å²) in [6.45, 7) is 3.83. The maximum absolute atomic E-state index is 12.0. The Bertz CT molecular complexity index is 861. The summed E-state index contributed by atoms with van der Waals surface area (Å²) in [5.41, 5.74) is 3.31. The molecule has 1 aromatic heterocycles. The van der Waals surface area contributed by atoms with Crippen LogP contribution in [0.2, 0.25) is 0 Å². The van der Waals surface area contributed by atoms with Crippen LogP contribution in [0.5, 0.6) is 11.6 Å². The number of urea groups is 1. The largest absolute Gasteiger partial charge is 0.438 e. The lowest BCUT2D eigenvalue weighted by Gasteiger charge is -2.09. The third-order valence-electron chi connectivity index (χ3n) is 3.38. The summed E-state index contributed by atoms with van der Waals surface area (Å²) in [6.07, 6.45) is 0. The minimum absolute atomic E-state index is 0.302. The molecule has 0 bridgehead atoms. The fraction of sp³-hybridized carbons (Fsp3) is 0.105. The molecule has 2 N–H and O–H groups in total. The molecule has 0 radical (unpaired) electrons. The van der Waals surface area contributed by atoms with E-state index in [0.717, 1.165) is 16.9 Å². The highest BCUT2D eigenvalue weighted by atomic mass is 16.5. The highest BCUT2D eigenvalue weighted by Crippen LogP contribution is 2.21. The Hall–Kier alpha value is -3.41. The number of carbonyl (C=O) groups is 1. The van der Waals surface area contributed by atoms with Crippen molar-refractivity contribution in [2.24, 2.45) is 0 Å². The molecule has 0 aliphatic heterocycles. The third-order valence-corrected chi connectivity index (χ3v) is 3.38. The number of amides is 2. The van der Waals surface area contributed by atoms with E-state index in [1.54, 1.807) is 30.3 Å². The van der Waals surface area contributed by atoms with E-state index in [1.165, 1.54) is 0 Å². The average molecular weight is 334 g/mol. The predicted octanol–water partition coefficient (Wildman–Crippen LogP) is 4.53. The van der Waals surface area contributed by atoms with Gasteiger partial charge in [-0.1, -0.05) is 12.1 Å². The van der Waals surface area contributed by atoms with Gasteiger partial charge in [0.15, 0.2) is 0 Å². The van der Waals surface area contributed by atoms with Crippen LogP contribution >= 0.6 is 0 Å². The van der Waals surface area contributed by atoms with E-state index in [1.807, 2.05) is 44.2 Å². The number of nitrogens with one attached hydrogen (secondary N) is 2. The highest BCUT2D eigenvalue weighted by Gasteiger charge is 2.04. The monoisotopic (exact) mass is 334 g/mol. The number of nitrogens with zero attached hydrogens (tertiary/aromatic N) is 2. The zero-order valence-corrected chi connectivity index (χ0v) is 14.0. The SMILES string of the molecule is Cc1cccc(NC(=O)Nc2ccc(Oc3ccc(C)nn3)cc2)c1. The number of anilines is 2. The number of hydrogen-bond donors (Lipinski definition) is 2. The van der Waals surface area contributed by atoms with Gasteiger partial charge in [-0.15, -0.1) is 5.10 Å². The topological polar surface area (TPSA) is 76.1 Å². The molecule has 0 atom stereocenters. The average Bonchev–Trinajstić information content (AvgIpc) is 2.59. The van der Waals surface area contributed by atoms with Crippen LogP contribution in [0.1, 0.15) is 11.3 Å². The van der Waals surface area contributed by atoms with E-state index >= 15 is 0 Å². The lowest BCUT2D eigenvalue weighted by molar-refractivity contribution is 0.262. The second kappa shape index (κ2) is 7.44. The molecule has 3 rings (SSSR count). The smallest absolute Gasteiger partial charge is 0.323 e. The molecule has 2 amide bonds. The third kappa shape index (κ3) is 4.78. The van der Waals surface area contributed by atoms with Crippen molar-refractivity contribution >= 4 is 17.4 Å². The first-order valence-electron chi connectivity index (χ1n) is 7.81.